The topological polar surface area (TPSA) is 15.3 Å². The van der Waals surface area contributed by atoms with Gasteiger partial charge in [-0.1, -0.05) is 37.6 Å². The maximum atomic E-state index is 3.78. The van der Waals surface area contributed by atoms with E-state index in [1.54, 1.807) is 0 Å². The van der Waals surface area contributed by atoms with E-state index in [-0.39, 0.29) is 0 Å². The second-order valence-electron chi connectivity index (χ2n) is 6.59. The first-order valence-electron chi connectivity index (χ1n) is 8.70. The Hall–Kier alpha value is -0.860. The lowest BCUT2D eigenvalue weighted by atomic mass is 9.98. The Morgan fingerprint density at radius 3 is 2.52 bits per heavy atom. The number of nitrogens with zero attached hydrogens (tertiary/aromatic N) is 1. The van der Waals surface area contributed by atoms with Crippen LogP contribution in [0.25, 0.3) is 0 Å². The van der Waals surface area contributed by atoms with Gasteiger partial charge >= 0.3 is 0 Å². The fraction of sp³-hybridized carbons (Fsp3) is 0.684. The highest BCUT2D eigenvalue weighted by atomic mass is 15.2. The van der Waals surface area contributed by atoms with Gasteiger partial charge in [-0.3, -0.25) is 4.90 Å². The Kier molecular flexibility index (Phi) is 6.25. The van der Waals surface area contributed by atoms with Crippen molar-refractivity contribution >= 4 is 0 Å². The molecule has 1 atom stereocenters. The van der Waals surface area contributed by atoms with Gasteiger partial charge in [-0.15, -0.1) is 0 Å². The van der Waals surface area contributed by atoms with Crippen molar-refractivity contribution in [3.05, 3.63) is 34.9 Å². The summed E-state index contributed by atoms with van der Waals surface area (Å²) in [6.45, 7) is 12.5. The van der Waals surface area contributed by atoms with Crippen molar-refractivity contribution < 1.29 is 0 Å². The van der Waals surface area contributed by atoms with E-state index in [1.807, 2.05) is 0 Å². The maximum absolute atomic E-state index is 3.78. The van der Waals surface area contributed by atoms with E-state index in [2.05, 4.69) is 56.1 Å². The second kappa shape index (κ2) is 7.95. The molecule has 1 aliphatic rings. The van der Waals surface area contributed by atoms with Gasteiger partial charge in [0.05, 0.1) is 0 Å². The molecular weight excluding hydrogens is 256 g/mol. The quantitative estimate of drug-likeness (QED) is 0.732. The van der Waals surface area contributed by atoms with Gasteiger partial charge in [0.2, 0.25) is 0 Å². The molecule has 1 N–H and O–H groups in total. The van der Waals surface area contributed by atoms with Crippen molar-refractivity contribution in [3.63, 3.8) is 0 Å². The number of benzene rings is 1. The Bertz CT molecular complexity index is 437. The largest absolute Gasteiger partial charge is 0.309 e. The molecule has 1 aromatic rings. The summed E-state index contributed by atoms with van der Waals surface area (Å²) in [6, 6.07) is 8.22. The number of hydrogen-bond donors (Lipinski definition) is 1. The van der Waals surface area contributed by atoms with Crippen molar-refractivity contribution in [2.45, 2.75) is 65.5 Å². The third kappa shape index (κ3) is 4.82. The lowest BCUT2D eigenvalue weighted by Crippen LogP contribution is -2.37. The Morgan fingerprint density at radius 1 is 1.19 bits per heavy atom. The van der Waals surface area contributed by atoms with Crippen LogP contribution in [0.15, 0.2) is 18.2 Å². The van der Waals surface area contributed by atoms with Crippen LogP contribution in [0.4, 0.5) is 0 Å². The molecule has 0 amide bonds. The second-order valence-corrected chi connectivity index (χ2v) is 6.59. The van der Waals surface area contributed by atoms with Crippen LogP contribution in [0.2, 0.25) is 0 Å². The molecule has 2 heteroatoms. The van der Waals surface area contributed by atoms with Crippen LogP contribution in [0, 0.1) is 13.8 Å². The monoisotopic (exact) mass is 288 g/mol. The minimum atomic E-state index is 0.470. The fourth-order valence-electron chi connectivity index (χ4n) is 3.19. The third-order valence-electron chi connectivity index (χ3n) is 4.43. The van der Waals surface area contributed by atoms with Crippen LogP contribution < -0.4 is 5.32 Å². The molecule has 0 aromatic heterocycles. The van der Waals surface area contributed by atoms with E-state index in [0.717, 1.165) is 19.1 Å². The van der Waals surface area contributed by atoms with Gasteiger partial charge < -0.3 is 5.32 Å². The highest BCUT2D eigenvalue weighted by molar-refractivity contribution is 5.33. The van der Waals surface area contributed by atoms with E-state index in [9.17, 15) is 0 Å². The summed E-state index contributed by atoms with van der Waals surface area (Å²) in [4.78, 5) is 2.70. The molecule has 1 unspecified atom stereocenters. The first kappa shape index (κ1) is 16.5. The summed E-state index contributed by atoms with van der Waals surface area (Å²) >= 11 is 0. The van der Waals surface area contributed by atoms with Crippen molar-refractivity contribution in [1.82, 2.24) is 10.2 Å². The third-order valence-corrected chi connectivity index (χ3v) is 4.43. The maximum Gasteiger partial charge on any atom is 0.0452 e. The van der Waals surface area contributed by atoms with Gasteiger partial charge in [-0.05, 0) is 63.7 Å². The smallest absolute Gasteiger partial charge is 0.0452 e. The lowest BCUT2D eigenvalue weighted by Gasteiger charge is -2.29. The van der Waals surface area contributed by atoms with Crippen molar-refractivity contribution in [1.29, 1.82) is 0 Å². The minimum absolute atomic E-state index is 0.470. The van der Waals surface area contributed by atoms with E-state index < -0.39 is 0 Å². The Labute approximate surface area is 130 Å². The SMILES string of the molecule is CCCNC(CN(CCC)C1CC1)c1ccc(C)cc1C. The molecule has 1 fully saturated rings. The molecule has 0 heterocycles. The van der Waals surface area contributed by atoms with Gasteiger partial charge in [0.25, 0.3) is 0 Å². The van der Waals surface area contributed by atoms with E-state index >= 15 is 0 Å². The van der Waals surface area contributed by atoms with Crippen molar-refractivity contribution in [2.24, 2.45) is 0 Å². The van der Waals surface area contributed by atoms with Crippen molar-refractivity contribution in [3.8, 4) is 0 Å². The highest BCUT2D eigenvalue weighted by Crippen LogP contribution is 2.29. The number of hydrogen-bond acceptors (Lipinski definition) is 2. The molecule has 1 aromatic carbocycles. The Morgan fingerprint density at radius 2 is 1.95 bits per heavy atom. The zero-order chi connectivity index (χ0) is 15.2. The van der Waals surface area contributed by atoms with E-state index in [4.69, 9.17) is 0 Å². The van der Waals surface area contributed by atoms with Crippen LogP contribution >= 0.6 is 0 Å². The van der Waals surface area contributed by atoms with E-state index in [0.29, 0.717) is 6.04 Å². The fourth-order valence-corrected chi connectivity index (χ4v) is 3.19. The molecule has 0 bridgehead atoms. The predicted octanol–water partition coefficient (Wildman–Crippen LogP) is 4.22. The zero-order valence-electron chi connectivity index (χ0n) is 14.3. The van der Waals surface area contributed by atoms with Crippen LogP contribution in [-0.4, -0.2) is 30.6 Å². The van der Waals surface area contributed by atoms with Gasteiger partial charge in [-0.2, -0.15) is 0 Å². The number of aryl methyl sites for hydroxylation is 2. The summed E-state index contributed by atoms with van der Waals surface area (Å²) in [5, 5.41) is 3.78. The van der Waals surface area contributed by atoms with Gasteiger partial charge in [0, 0.05) is 18.6 Å². The number of rotatable bonds is 9. The standard InChI is InChI=1S/C19H32N2/c1-5-11-20-19(14-21(12-6-2)17-8-9-17)18-10-7-15(3)13-16(18)4/h7,10,13,17,19-20H,5-6,8-9,11-12,14H2,1-4H3. The average Bonchev–Trinajstić information content (AvgIpc) is 3.27. The minimum Gasteiger partial charge on any atom is -0.309 e. The molecule has 118 valence electrons. The lowest BCUT2D eigenvalue weighted by molar-refractivity contribution is 0.233. The van der Waals surface area contributed by atoms with Gasteiger partial charge in [-0.25, -0.2) is 0 Å². The van der Waals surface area contributed by atoms with Gasteiger partial charge in [0.15, 0.2) is 0 Å². The number of nitrogens with one attached hydrogen (secondary N) is 1. The molecule has 0 radical (unpaired) electrons. The van der Waals surface area contributed by atoms with Crippen LogP contribution in [0.3, 0.4) is 0 Å². The molecule has 1 aliphatic carbocycles. The highest BCUT2D eigenvalue weighted by Gasteiger charge is 2.30. The molecular formula is C19H32N2. The molecule has 2 rings (SSSR count). The van der Waals surface area contributed by atoms with Gasteiger partial charge in [0.1, 0.15) is 0 Å². The summed E-state index contributed by atoms with van der Waals surface area (Å²) in [6.07, 6.45) is 5.24. The molecule has 1 saturated carbocycles. The van der Waals surface area contributed by atoms with E-state index in [1.165, 1.54) is 48.9 Å². The molecule has 2 nitrogen and oxygen atoms in total. The molecule has 0 aliphatic heterocycles. The van der Waals surface area contributed by atoms with Crippen molar-refractivity contribution in [2.75, 3.05) is 19.6 Å². The molecule has 0 spiro atoms. The summed E-state index contributed by atoms with van der Waals surface area (Å²) < 4.78 is 0. The van der Waals surface area contributed by atoms with Crippen LogP contribution in [-0.2, 0) is 0 Å². The van der Waals surface area contributed by atoms with Crippen LogP contribution in [0.5, 0.6) is 0 Å². The normalized spacial score (nSPS) is 16.4. The average molecular weight is 288 g/mol. The molecule has 0 saturated heterocycles. The first-order valence-corrected chi connectivity index (χ1v) is 8.70. The van der Waals surface area contributed by atoms with Crippen LogP contribution in [0.1, 0.15) is 62.3 Å². The zero-order valence-corrected chi connectivity index (χ0v) is 14.3. The predicted molar refractivity (Wildman–Crippen MR) is 91.8 cm³/mol. The summed E-state index contributed by atoms with van der Waals surface area (Å²) in [5.41, 5.74) is 4.27. The summed E-state index contributed by atoms with van der Waals surface area (Å²) in [5.74, 6) is 0. The molecule has 21 heavy (non-hydrogen) atoms. The summed E-state index contributed by atoms with van der Waals surface area (Å²) in [7, 11) is 0. The first-order chi connectivity index (χ1) is 10.2. The Balaban J connectivity index is 2.12.